The van der Waals surface area contributed by atoms with Gasteiger partial charge in [0.25, 0.3) is 0 Å². The number of rotatable bonds is 13. The molecule has 0 spiro atoms. The van der Waals surface area contributed by atoms with Gasteiger partial charge in [0.15, 0.2) is 0 Å². The zero-order valence-corrected chi connectivity index (χ0v) is 37.7. The van der Waals surface area contributed by atoms with Crippen LogP contribution in [0.15, 0.2) is 67.3 Å². The van der Waals surface area contributed by atoms with E-state index >= 15 is 0 Å². The second kappa shape index (κ2) is 17.2. The number of hydrogen-bond donors (Lipinski definition) is 1. The molecule has 14 heteroatoms. The van der Waals surface area contributed by atoms with Crippen LogP contribution in [0.3, 0.4) is 0 Å². The van der Waals surface area contributed by atoms with Crippen LogP contribution < -0.4 is 24.4 Å². The van der Waals surface area contributed by atoms with E-state index in [-0.39, 0.29) is 41.9 Å². The molecule has 2 saturated heterocycles. The van der Waals surface area contributed by atoms with Gasteiger partial charge in [0.1, 0.15) is 29.0 Å². The largest absolute Gasteiger partial charge is 0.497 e. The number of amides is 2. The van der Waals surface area contributed by atoms with Crippen molar-refractivity contribution in [2.45, 2.75) is 103 Å². The fraction of sp³-hybridized carbons (Fsp3) is 0.469. The lowest BCUT2D eigenvalue weighted by atomic mass is 10.0. The van der Waals surface area contributed by atoms with E-state index in [1.54, 1.807) is 7.11 Å². The fourth-order valence-electron chi connectivity index (χ4n) is 9.07. The molecule has 2 aliphatic heterocycles. The number of aromatic nitrogens is 6. The number of benzene rings is 2. The van der Waals surface area contributed by atoms with Crippen LogP contribution >= 0.6 is 0 Å². The van der Waals surface area contributed by atoms with E-state index in [9.17, 15) is 9.59 Å². The van der Waals surface area contributed by atoms with Crippen molar-refractivity contribution in [3.05, 3.63) is 84.1 Å². The first-order chi connectivity index (χ1) is 30.3. The summed E-state index contributed by atoms with van der Waals surface area (Å²) in [6.07, 6.45) is 9.20. The summed E-state index contributed by atoms with van der Waals surface area (Å²) in [7, 11) is 5.75. The van der Waals surface area contributed by atoms with E-state index in [0.717, 1.165) is 63.2 Å². The molecule has 2 saturated carbocycles. The number of pyridine rings is 2. The second-order valence-electron chi connectivity index (χ2n) is 18.2. The minimum Gasteiger partial charge on any atom is -0.497 e. The van der Waals surface area contributed by atoms with Crippen LogP contribution in [-0.4, -0.2) is 92.3 Å². The van der Waals surface area contributed by atoms with Crippen LogP contribution in [-0.2, 0) is 9.59 Å². The third kappa shape index (κ3) is 8.76. The Balaban J connectivity index is 0.000000160. The number of anilines is 1. The monoisotopic (exact) mass is 853 g/mol. The van der Waals surface area contributed by atoms with Gasteiger partial charge in [0.2, 0.25) is 23.6 Å². The zero-order chi connectivity index (χ0) is 44.1. The van der Waals surface area contributed by atoms with Gasteiger partial charge in [-0.2, -0.15) is 0 Å². The highest BCUT2D eigenvalue weighted by molar-refractivity contribution is 5.86. The highest BCUT2D eigenvalue weighted by Crippen LogP contribution is 2.42. The van der Waals surface area contributed by atoms with Gasteiger partial charge in [0.05, 0.1) is 42.5 Å². The Morgan fingerprint density at radius 3 is 1.95 bits per heavy atom. The van der Waals surface area contributed by atoms with Crippen LogP contribution in [0.25, 0.3) is 33.3 Å². The van der Waals surface area contributed by atoms with Crippen LogP contribution in [0.1, 0.15) is 94.2 Å². The molecule has 63 heavy (non-hydrogen) atoms. The number of fused-ring (bicyclic) bond motifs is 2. The summed E-state index contributed by atoms with van der Waals surface area (Å²) < 4.78 is 22.5. The van der Waals surface area contributed by atoms with Gasteiger partial charge in [-0.15, -0.1) is 0 Å². The van der Waals surface area contributed by atoms with Crippen molar-refractivity contribution in [1.82, 2.24) is 39.3 Å². The molecule has 6 aromatic rings. The first-order valence-corrected chi connectivity index (χ1v) is 22.4. The van der Waals surface area contributed by atoms with E-state index in [1.807, 2.05) is 82.8 Å². The molecule has 4 aliphatic rings. The molecule has 330 valence electrons. The topological polar surface area (TPSA) is 142 Å². The maximum Gasteiger partial charge on any atom is 0.241 e. The first kappa shape index (κ1) is 42.1. The van der Waals surface area contributed by atoms with Gasteiger partial charge in [-0.1, -0.05) is 18.2 Å². The number of aryl methyl sites for hydroxylation is 2. The lowest BCUT2D eigenvalue weighted by Crippen LogP contribution is -2.31. The molecule has 10 rings (SSSR count). The van der Waals surface area contributed by atoms with Crippen molar-refractivity contribution >= 4 is 39.6 Å². The van der Waals surface area contributed by atoms with Gasteiger partial charge in [-0.25, -0.2) is 19.9 Å². The molecule has 2 amide bonds. The smallest absolute Gasteiger partial charge is 0.241 e. The molecule has 4 fully saturated rings. The molecule has 1 N–H and O–H groups in total. The van der Waals surface area contributed by atoms with Gasteiger partial charge >= 0.3 is 0 Å². The number of likely N-dealkylation sites (tertiary alicyclic amines) is 1. The molecule has 0 bridgehead atoms. The average molecular weight is 854 g/mol. The Bertz CT molecular complexity index is 2650. The molecule has 6 heterocycles. The van der Waals surface area contributed by atoms with Gasteiger partial charge in [-0.3, -0.25) is 9.59 Å². The lowest BCUT2D eigenvalue weighted by molar-refractivity contribution is -0.129. The number of ether oxygens (including phenoxy) is 3. The summed E-state index contributed by atoms with van der Waals surface area (Å²) >= 11 is 0. The number of carbonyl (C=O) groups is 2. The Morgan fingerprint density at radius 2 is 1.38 bits per heavy atom. The van der Waals surface area contributed by atoms with Gasteiger partial charge in [0, 0.05) is 80.9 Å². The molecule has 0 unspecified atom stereocenters. The normalized spacial score (nSPS) is 20.0. The van der Waals surface area contributed by atoms with Crippen molar-refractivity contribution in [2.24, 2.45) is 11.8 Å². The highest BCUT2D eigenvalue weighted by atomic mass is 16.5. The Labute approximate surface area is 369 Å². The number of carbonyl (C=O) groups excluding carboxylic acids is 2. The average Bonchev–Trinajstić information content (AvgIpc) is 4.11. The minimum atomic E-state index is -0.132. The van der Waals surface area contributed by atoms with E-state index < -0.39 is 0 Å². The van der Waals surface area contributed by atoms with Crippen LogP contribution in [0, 0.1) is 25.7 Å². The van der Waals surface area contributed by atoms with Crippen molar-refractivity contribution < 1.29 is 23.8 Å². The standard InChI is InChI=1S/C25H30N4O3.C24H29N5O2/c1-15-11-22-24(29(14-26-22)20-7-8-20)25(27-15)32-17(3)19-12-23(30)28(13-19)16(2)18-5-9-21(31-4)10-6-18;1-14-9-16(5-8-21(14)28(3)4)19-11-20-23(29(13-26-20)18-6-7-18)24(27-19)31-15(2)17-10-22(30)25-12-17/h5-6,9-11,14,16-17,19-20H,7-8,12-13H2,1-4H3;5,8-9,11,13,15,17-18H,6-7,10,12H2,1-4H3,(H,25,30)/t16-,17-,19-;15-,17-/m11/s1. The van der Waals surface area contributed by atoms with Crippen LogP contribution in [0.2, 0.25) is 0 Å². The quantitative estimate of drug-likeness (QED) is 0.121. The summed E-state index contributed by atoms with van der Waals surface area (Å²) in [5.41, 5.74) is 10.0. The molecule has 5 atom stereocenters. The van der Waals surface area contributed by atoms with E-state index in [1.165, 1.54) is 24.1 Å². The second-order valence-corrected chi connectivity index (χ2v) is 18.2. The number of methoxy groups -OCH3 is 1. The lowest BCUT2D eigenvalue weighted by Gasteiger charge is -2.26. The first-order valence-electron chi connectivity index (χ1n) is 22.4. The molecule has 4 aromatic heterocycles. The van der Waals surface area contributed by atoms with Crippen molar-refractivity contribution in [1.29, 1.82) is 0 Å². The predicted octanol–water partition coefficient (Wildman–Crippen LogP) is 8.17. The molecule has 0 radical (unpaired) electrons. The maximum atomic E-state index is 12.9. The number of nitrogens with one attached hydrogen (secondary N) is 1. The van der Waals surface area contributed by atoms with Crippen molar-refractivity contribution in [3.8, 4) is 28.8 Å². The van der Waals surface area contributed by atoms with Gasteiger partial charge < -0.3 is 38.5 Å². The molecular weight excluding hydrogens is 795 g/mol. The van der Waals surface area contributed by atoms with Crippen molar-refractivity contribution in [2.75, 3.05) is 39.2 Å². The fourth-order valence-corrected chi connectivity index (χ4v) is 9.07. The minimum absolute atomic E-state index is 0.00528. The zero-order valence-electron chi connectivity index (χ0n) is 37.7. The molecular formula is C49H59N9O5. The summed E-state index contributed by atoms with van der Waals surface area (Å²) in [4.78, 5) is 47.5. The van der Waals surface area contributed by atoms with Gasteiger partial charge in [-0.05, 0) is 108 Å². The Hall–Kier alpha value is -6.18. The van der Waals surface area contributed by atoms with E-state index in [2.05, 4.69) is 67.4 Å². The summed E-state index contributed by atoms with van der Waals surface area (Å²) in [6.45, 7) is 11.5. The van der Waals surface area contributed by atoms with E-state index in [4.69, 9.17) is 24.2 Å². The Kier molecular flexibility index (Phi) is 11.5. The summed E-state index contributed by atoms with van der Waals surface area (Å²) in [5.74, 6) is 2.57. The third-order valence-corrected chi connectivity index (χ3v) is 13.2. The third-order valence-electron chi connectivity index (χ3n) is 13.2. The molecule has 2 aromatic carbocycles. The van der Waals surface area contributed by atoms with Crippen LogP contribution in [0.5, 0.6) is 17.5 Å². The number of imidazole rings is 2. The van der Waals surface area contributed by atoms with Crippen LogP contribution in [0.4, 0.5) is 5.69 Å². The Morgan fingerprint density at radius 1 is 0.762 bits per heavy atom. The molecule has 2 aliphatic carbocycles. The summed E-state index contributed by atoms with van der Waals surface area (Å²) in [5, 5.41) is 2.90. The molecule has 14 nitrogen and oxygen atoms in total. The predicted molar refractivity (Wildman–Crippen MR) is 243 cm³/mol. The number of nitrogens with zero attached hydrogens (tertiary/aromatic N) is 8. The summed E-state index contributed by atoms with van der Waals surface area (Å²) in [6, 6.07) is 19.3. The van der Waals surface area contributed by atoms with Crippen molar-refractivity contribution in [3.63, 3.8) is 0 Å². The van der Waals surface area contributed by atoms with E-state index in [0.29, 0.717) is 49.8 Å². The maximum absolute atomic E-state index is 12.9. The highest BCUT2D eigenvalue weighted by Gasteiger charge is 2.38. The number of hydrogen-bond acceptors (Lipinski definition) is 10. The SMILES string of the molecule is COc1ccc([C@@H](C)N2C[C@H]([C@@H](C)Oc3nc(C)cc4ncn(C5CC5)c34)CC2=O)cc1.Cc1cc(-c2cc3ncn(C4CC4)c3c(O[C@H](C)[C@H]3CNC(=O)C3)n2)ccc1N(C)C.